The molecule has 1 saturated carbocycles. The normalized spacial score (nSPS) is 16.5. The van der Waals surface area contributed by atoms with Gasteiger partial charge in [-0.2, -0.15) is 0 Å². The number of benzene rings is 2. The van der Waals surface area contributed by atoms with Crippen molar-refractivity contribution >= 4 is 22.7 Å². The van der Waals surface area contributed by atoms with Crippen LogP contribution in [0.1, 0.15) is 24.0 Å². The third-order valence-electron chi connectivity index (χ3n) is 8.32. The van der Waals surface area contributed by atoms with Crippen LogP contribution in [0.5, 0.6) is 17.4 Å². The van der Waals surface area contributed by atoms with E-state index in [1.807, 2.05) is 0 Å². The van der Waals surface area contributed by atoms with Gasteiger partial charge in [0.05, 0.1) is 11.6 Å². The van der Waals surface area contributed by atoms with Crippen molar-refractivity contribution in [2.24, 2.45) is 5.41 Å². The molecule has 0 unspecified atom stereocenters. The van der Waals surface area contributed by atoms with Crippen molar-refractivity contribution in [2.45, 2.75) is 25.7 Å². The standard InChI is InChI=1S/C33H33F2N5O4/c1-39-12-14-40(15-13-39)16-17-43-30-21-37-32-31(38-30)27(8-11-36-32)44-26-7-4-23(18-25(26)35)20-29(42)33(9-10-33)28(41)19-22-2-5-24(34)6-3-22/h2-8,11,18,21H,9-10,12-17,19-20H2,1H3. The maximum atomic E-state index is 15.2. The number of ether oxygens (including phenoxy) is 2. The molecule has 0 bridgehead atoms. The predicted molar refractivity (Wildman–Crippen MR) is 159 cm³/mol. The highest BCUT2D eigenvalue weighted by molar-refractivity contribution is 6.10. The maximum Gasteiger partial charge on any atom is 0.233 e. The molecule has 9 nitrogen and oxygen atoms in total. The molecular formula is C33H33F2N5O4. The molecule has 1 aliphatic carbocycles. The Labute approximate surface area is 253 Å². The number of hydrogen-bond acceptors (Lipinski definition) is 9. The summed E-state index contributed by atoms with van der Waals surface area (Å²) in [6, 6.07) is 11.6. The summed E-state index contributed by atoms with van der Waals surface area (Å²) < 4.78 is 40.2. The fourth-order valence-electron chi connectivity index (χ4n) is 5.39. The Morgan fingerprint density at radius 1 is 0.886 bits per heavy atom. The van der Waals surface area contributed by atoms with Crippen molar-refractivity contribution in [2.75, 3.05) is 46.4 Å². The number of pyridine rings is 1. The van der Waals surface area contributed by atoms with Gasteiger partial charge in [0.15, 0.2) is 40.0 Å². The lowest BCUT2D eigenvalue weighted by Gasteiger charge is -2.32. The van der Waals surface area contributed by atoms with Gasteiger partial charge in [0, 0.05) is 57.8 Å². The molecule has 0 amide bonds. The van der Waals surface area contributed by atoms with Crippen LogP contribution < -0.4 is 9.47 Å². The monoisotopic (exact) mass is 601 g/mol. The number of likely N-dealkylation sites (N-methyl/N-ethyl adjacent to an activating group) is 1. The molecule has 44 heavy (non-hydrogen) atoms. The number of aromatic nitrogens is 3. The van der Waals surface area contributed by atoms with Gasteiger partial charge in [-0.25, -0.2) is 23.7 Å². The van der Waals surface area contributed by atoms with E-state index in [0.29, 0.717) is 47.6 Å². The highest BCUT2D eigenvalue weighted by Gasteiger charge is 2.54. The second-order valence-corrected chi connectivity index (χ2v) is 11.5. The molecule has 0 atom stereocenters. The number of carbonyl (C=O) groups is 2. The van der Waals surface area contributed by atoms with Crippen LogP contribution in [0, 0.1) is 17.0 Å². The van der Waals surface area contributed by atoms with Crippen LogP contribution >= 0.6 is 0 Å². The number of halogens is 2. The zero-order valence-corrected chi connectivity index (χ0v) is 24.5. The lowest BCUT2D eigenvalue weighted by atomic mass is 9.88. The van der Waals surface area contributed by atoms with Crippen molar-refractivity contribution in [3.8, 4) is 17.4 Å². The number of nitrogens with zero attached hydrogens (tertiary/aromatic N) is 5. The number of piperazine rings is 1. The van der Waals surface area contributed by atoms with Crippen molar-refractivity contribution in [3.05, 3.63) is 83.7 Å². The van der Waals surface area contributed by atoms with Crippen LogP contribution in [0.4, 0.5) is 8.78 Å². The zero-order chi connectivity index (χ0) is 30.7. The number of ketones is 2. The van der Waals surface area contributed by atoms with Gasteiger partial charge in [-0.05, 0) is 55.3 Å². The van der Waals surface area contributed by atoms with Crippen LogP contribution in [0.2, 0.25) is 0 Å². The van der Waals surface area contributed by atoms with E-state index in [4.69, 9.17) is 9.47 Å². The molecule has 3 heterocycles. The zero-order valence-electron chi connectivity index (χ0n) is 24.5. The number of carbonyl (C=O) groups excluding carboxylic acids is 2. The predicted octanol–water partition coefficient (Wildman–Crippen LogP) is 4.43. The smallest absolute Gasteiger partial charge is 0.233 e. The van der Waals surface area contributed by atoms with Gasteiger partial charge in [0.1, 0.15) is 12.4 Å². The van der Waals surface area contributed by atoms with Crippen LogP contribution in [0.15, 0.2) is 60.9 Å². The van der Waals surface area contributed by atoms with Gasteiger partial charge < -0.3 is 14.4 Å². The van der Waals surface area contributed by atoms with E-state index in [2.05, 4.69) is 31.8 Å². The number of hydrogen-bond donors (Lipinski definition) is 0. The Kier molecular flexibility index (Phi) is 8.58. The summed E-state index contributed by atoms with van der Waals surface area (Å²) in [6.45, 7) is 5.24. The second kappa shape index (κ2) is 12.7. The van der Waals surface area contributed by atoms with E-state index in [1.165, 1.54) is 36.7 Å². The van der Waals surface area contributed by atoms with E-state index < -0.39 is 11.2 Å². The van der Waals surface area contributed by atoms with Crippen LogP contribution in [-0.2, 0) is 22.4 Å². The van der Waals surface area contributed by atoms with Crippen molar-refractivity contribution in [1.82, 2.24) is 24.8 Å². The van der Waals surface area contributed by atoms with Gasteiger partial charge in [-0.3, -0.25) is 14.5 Å². The first-order chi connectivity index (χ1) is 21.3. The molecule has 1 aliphatic heterocycles. The average Bonchev–Trinajstić information content (AvgIpc) is 3.84. The third kappa shape index (κ3) is 6.74. The third-order valence-corrected chi connectivity index (χ3v) is 8.32. The van der Waals surface area contributed by atoms with Gasteiger partial charge in [-0.1, -0.05) is 18.2 Å². The van der Waals surface area contributed by atoms with Crippen molar-refractivity contribution < 1.29 is 27.8 Å². The minimum Gasteiger partial charge on any atom is -0.475 e. The van der Waals surface area contributed by atoms with Gasteiger partial charge in [0.25, 0.3) is 0 Å². The molecular weight excluding hydrogens is 568 g/mol. The van der Waals surface area contributed by atoms with E-state index >= 15 is 4.39 Å². The topological polar surface area (TPSA) is 97.7 Å². The van der Waals surface area contributed by atoms with E-state index in [0.717, 1.165) is 32.7 Å². The molecule has 11 heteroatoms. The van der Waals surface area contributed by atoms with Crippen LogP contribution in [0.3, 0.4) is 0 Å². The minimum absolute atomic E-state index is 0.0505. The molecule has 228 valence electrons. The van der Waals surface area contributed by atoms with E-state index in [-0.39, 0.29) is 41.7 Å². The molecule has 2 aliphatic rings. The molecule has 0 spiro atoms. The van der Waals surface area contributed by atoms with Gasteiger partial charge >= 0.3 is 0 Å². The first kappa shape index (κ1) is 29.7. The molecule has 2 aromatic carbocycles. The largest absolute Gasteiger partial charge is 0.475 e. The van der Waals surface area contributed by atoms with Crippen molar-refractivity contribution in [1.29, 1.82) is 0 Å². The first-order valence-electron chi connectivity index (χ1n) is 14.7. The Morgan fingerprint density at radius 3 is 2.30 bits per heavy atom. The Bertz CT molecular complexity index is 1670. The SMILES string of the molecule is CN1CCN(CCOc2cnc3nccc(Oc4ccc(CC(=O)C5(C(=O)Cc6ccc(F)cc6)CC5)cc4F)c3n2)CC1. The van der Waals surface area contributed by atoms with Gasteiger partial charge in [0.2, 0.25) is 5.88 Å². The van der Waals surface area contributed by atoms with E-state index in [9.17, 15) is 14.0 Å². The lowest BCUT2D eigenvalue weighted by Crippen LogP contribution is -2.45. The number of fused-ring (bicyclic) bond motifs is 1. The molecule has 2 aromatic heterocycles. The summed E-state index contributed by atoms with van der Waals surface area (Å²) in [5.74, 6) is -0.944. The fraction of sp³-hybridized carbons (Fsp3) is 0.364. The molecule has 1 saturated heterocycles. The minimum atomic E-state index is -1.06. The highest BCUT2D eigenvalue weighted by atomic mass is 19.1. The van der Waals surface area contributed by atoms with E-state index in [1.54, 1.807) is 24.3 Å². The molecule has 2 fully saturated rings. The molecule has 0 radical (unpaired) electrons. The Hall–Kier alpha value is -4.35. The quantitative estimate of drug-likeness (QED) is 0.219. The Morgan fingerprint density at radius 2 is 1.59 bits per heavy atom. The summed E-state index contributed by atoms with van der Waals surface area (Å²) in [7, 11) is 2.11. The lowest BCUT2D eigenvalue weighted by molar-refractivity contribution is -0.133. The van der Waals surface area contributed by atoms with Crippen molar-refractivity contribution in [3.63, 3.8) is 0 Å². The molecule has 6 rings (SSSR count). The summed E-state index contributed by atoms with van der Waals surface area (Å²) in [6.07, 6.45) is 3.92. The highest BCUT2D eigenvalue weighted by Crippen LogP contribution is 2.49. The van der Waals surface area contributed by atoms with Gasteiger partial charge in [-0.15, -0.1) is 0 Å². The van der Waals surface area contributed by atoms with Crippen LogP contribution in [0.25, 0.3) is 11.2 Å². The summed E-state index contributed by atoms with van der Waals surface area (Å²) >= 11 is 0. The van der Waals surface area contributed by atoms with Crippen LogP contribution in [-0.4, -0.2) is 82.7 Å². The second-order valence-electron chi connectivity index (χ2n) is 11.5. The summed E-state index contributed by atoms with van der Waals surface area (Å²) in [5, 5.41) is 0. The maximum absolute atomic E-state index is 15.2. The molecule has 4 aromatic rings. The Balaban J connectivity index is 1.09. The molecule has 0 N–H and O–H groups in total. The number of rotatable bonds is 12. The summed E-state index contributed by atoms with van der Waals surface area (Å²) in [5.41, 5.74) is 0.700. The first-order valence-corrected chi connectivity index (χ1v) is 14.7. The fourth-order valence-corrected chi connectivity index (χ4v) is 5.39. The average molecular weight is 602 g/mol. The summed E-state index contributed by atoms with van der Waals surface area (Å²) in [4.78, 5) is 43.8. The number of Topliss-reactive ketones (excluding diaryl/α,β-unsaturated/α-hetero) is 2.